The third-order valence-corrected chi connectivity index (χ3v) is 9.59. The molecular weight excluding hydrogens is 572 g/mol. The topological polar surface area (TPSA) is 92.2 Å². The van der Waals surface area contributed by atoms with Crippen LogP contribution in [0.1, 0.15) is 29.7 Å². The van der Waals surface area contributed by atoms with Gasteiger partial charge in [0, 0.05) is 62.5 Å². The number of nitrogen functional groups attached to an aromatic ring is 1. The minimum absolute atomic E-state index is 0.0968. The molecule has 1 atom stereocenters. The number of piperidine rings is 1. The van der Waals surface area contributed by atoms with Crippen LogP contribution in [0, 0.1) is 11.6 Å². The molecule has 1 aromatic carbocycles. The second kappa shape index (κ2) is 10.8. The van der Waals surface area contributed by atoms with Crippen molar-refractivity contribution in [3.8, 4) is 5.88 Å². The maximum atomic E-state index is 15.1. The number of aromatic nitrogens is 3. The van der Waals surface area contributed by atoms with E-state index in [-0.39, 0.29) is 22.5 Å². The van der Waals surface area contributed by atoms with Crippen molar-refractivity contribution >= 4 is 44.3 Å². The molecule has 1 fully saturated rings. The molecule has 0 unspecified atom stereocenters. The van der Waals surface area contributed by atoms with Crippen LogP contribution in [-0.4, -0.2) is 52.6 Å². The number of thiazole rings is 1. The molecule has 222 valence electrons. The zero-order valence-electron chi connectivity index (χ0n) is 23.9. The van der Waals surface area contributed by atoms with Gasteiger partial charge in [-0.05, 0) is 42.7 Å². The van der Waals surface area contributed by atoms with Crippen molar-refractivity contribution in [2.45, 2.75) is 38.5 Å². The second-order valence-corrected chi connectivity index (χ2v) is 12.1. The summed E-state index contributed by atoms with van der Waals surface area (Å²) >= 11 is 1.47. The number of pyridine rings is 3. The van der Waals surface area contributed by atoms with Gasteiger partial charge < -0.3 is 20.3 Å². The van der Waals surface area contributed by atoms with E-state index < -0.39 is 11.6 Å². The Labute approximate surface area is 250 Å². The number of nitrogens with two attached hydrogens (primary N) is 1. The van der Waals surface area contributed by atoms with Gasteiger partial charge in [-0.1, -0.05) is 0 Å². The number of ether oxygens (including phenoxy) is 1. The maximum absolute atomic E-state index is 15.1. The average Bonchev–Trinajstić information content (AvgIpc) is 3.44. The van der Waals surface area contributed by atoms with Gasteiger partial charge in [0.05, 0.1) is 42.1 Å². The lowest BCUT2D eigenvalue weighted by Crippen LogP contribution is -2.48. The summed E-state index contributed by atoms with van der Waals surface area (Å²) in [5.74, 6) is -0.958. The van der Waals surface area contributed by atoms with E-state index in [0.717, 1.165) is 53.8 Å². The van der Waals surface area contributed by atoms with Crippen LogP contribution in [0.2, 0.25) is 0 Å². The first-order chi connectivity index (χ1) is 20.8. The molecule has 2 aliphatic rings. The molecule has 0 spiro atoms. The predicted octanol–water partition coefficient (Wildman–Crippen LogP) is 4.79. The van der Waals surface area contributed by atoms with Crippen molar-refractivity contribution in [2.24, 2.45) is 0 Å². The Hall–Kier alpha value is -4.29. The van der Waals surface area contributed by atoms with Gasteiger partial charge in [0.15, 0.2) is 17.1 Å². The van der Waals surface area contributed by atoms with Crippen molar-refractivity contribution in [2.75, 3.05) is 42.8 Å². The third kappa shape index (κ3) is 4.74. The quantitative estimate of drug-likeness (QED) is 0.284. The van der Waals surface area contributed by atoms with E-state index >= 15 is 4.39 Å². The Morgan fingerprint density at radius 2 is 2.05 bits per heavy atom. The van der Waals surface area contributed by atoms with Gasteiger partial charge in [0.2, 0.25) is 5.88 Å². The molecule has 43 heavy (non-hydrogen) atoms. The maximum Gasteiger partial charge on any atom is 0.213 e. The first kappa shape index (κ1) is 27.5. The minimum Gasteiger partial charge on any atom is -0.481 e. The largest absolute Gasteiger partial charge is 0.481 e. The molecule has 7 rings (SSSR count). The molecule has 0 bridgehead atoms. The van der Waals surface area contributed by atoms with Crippen LogP contribution < -0.4 is 25.7 Å². The van der Waals surface area contributed by atoms with E-state index in [1.807, 2.05) is 28.0 Å². The summed E-state index contributed by atoms with van der Waals surface area (Å²) in [6, 6.07) is 8.79. The van der Waals surface area contributed by atoms with Gasteiger partial charge >= 0.3 is 0 Å². The minimum atomic E-state index is -1.02. The fourth-order valence-corrected chi connectivity index (χ4v) is 7.52. The molecule has 0 amide bonds. The van der Waals surface area contributed by atoms with Crippen molar-refractivity contribution in [3.63, 3.8) is 0 Å². The predicted molar refractivity (Wildman–Crippen MR) is 165 cm³/mol. The van der Waals surface area contributed by atoms with E-state index in [1.165, 1.54) is 11.3 Å². The number of benzene rings is 1. The highest BCUT2D eigenvalue weighted by molar-refractivity contribution is 7.15. The highest BCUT2D eigenvalue weighted by Gasteiger charge is 2.31. The Balaban J connectivity index is 1.33. The lowest BCUT2D eigenvalue weighted by Gasteiger charge is -2.40. The molecule has 4 aromatic heterocycles. The van der Waals surface area contributed by atoms with Crippen molar-refractivity contribution in [1.82, 2.24) is 19.3 Å². The first-order valence-electron chi connectivity index (χ1n) is 14.2. The molecule has 2 N–H and O–H groups in total. The van der Waals surface area contributed by atoms with Crippen LogP contribution in [0.3, 0.4) is 0 Å². The molecule has 0 saturated carbocycles. The van der Waals surface area contributed by atoms with Crippen molar-refractivity contribution in [3.05, 3.63) is 86.8 Å². The molecule has 12 heteroatoms. The Morgan fingerprint density at radius 1 is 1.19 bits per heavy atom. The summed E-state index contributed by atoms with van der Waals surface area (Å²) in [5.41, 5.74) is 9.64. The molecule has 6 heterocycles. The number of hydrogen-bond acceptors (Lipinski definition) is 9. The van der Waals surface area contributed by atoms with E-state index in [1.54, 1.807) is 37.5 Å². The van der Waals surface area contributed by atoms with Gasteiger partial charge in [-0.15, -0.1) is 11.3 Å². The Morgan fingerprint density at radius 3 is 2.84 bits per heavy atom. The summed E-state index contributed by atoms with van der Waals surface area (Å²) in [4.78, 5) is 29.8. The highest BCUT2D eigenvalue weighted by atomic mass is 32.1. The van der Waals surface area contributed by atoms with Crippen LogP contribution in [0.15, 0.2) is 52.9 Å². The number of halogens is 2. The normalized spacial score (nSPS) is 16.6. The zero-order valence-corrected chi connectivity index (χ0v) is 24.7. The van der Waals surface area contributed by atoms with Crippen LogP contribution >= 0.6 is 11.3 Å². The number of hydrogen-bond donors (Lipinski definition) is 1. The van der Waals surface area contributed by atoms with Crippen LogP contribution in [-0.2, 0) is 19.6 Å². The molecule has 1 saturated heterocycles. The summed E-state index contributed by atoms with van der Waals surface area (Å²) < 4.78 is 37.3. The van der Waals surface area contributed by atoms with Gasteiger partial charge in [-0.2, -0.15) is 0 Å². The molecule has 5 aromatic rings. The van der Waals surface area contributed by atoms with Gasteiger partial charge in [0.1, 0.15) is 16.3 Å². The average molecular weight is 604 g/mol. The standard InChI is InChI=1S/C31H31F2N7O2S/c1-37-14-21-17-43-31-23(30(41)22-11-24(32)27(33)29(37)28(22)40(21)31)16-39(13-18-7-8-35-26(10-18)42-2)20-4-3-9-38(15-20)19-5-6-25(34)36-12-19/h5-8,10-12,17,20H,3-4,9,13-16H2,1-2H3,(H2,34,36)/t20-/m0/s1. The lowest BCUT2D eigenvalue weighted by molar-refractivity contribution is 0.158. The van der Waals surface area contributed by atoms with Crippen molar-refractivity contribution in [1.29, 1.82) is 0 Å². The zero-order chi connectivity index (χ0) is 29.8. The summed E-state index contributed by atoms with van der Waals surface area (Å²) in [5, 5.41) is 2.20. The number of rotatable bonds is 7. The molecule has 9 nitrogen and oxygen atoms in total. The Kier molecular flexibility index (Phi) is 6.89. The molecule has 0 radical (unpaired) electrons. The first-order valence-corrected chi connectivity index (χ1v) is 15.1. The summed E-state index contributed by atoms with van der Waals surface area (Å²) in [6.07, 6.45) is 5.41. The van der Waals surface area contributed by atoms with Crippen molar-refractivity contribution < 1.29 is 13.5 Å². The van der Waals surface area contributed by atoms with Crippen LogP contribution in [0.25, 0.3) is 15.7 Å². The monoisotopic (exact) mass is 603 g/mol. The van der Waals surface area contributed by atoms with Gasteiger partial charge in [-0.25, -0.2) is 18.7 Å². The summed E-state index contributed by atoms with van der Waals surface area (Å²) in [6.45, 7) is 2.92. The Bertz CT molecular complexity index is 1910. The fourth-order valence-electron chi connectivity index (χ4n) is 6.47. The smallest absolute Gasteiger partial charge is 0.213 e. The second-order valence-electron chi connectivity index (χ2n) is 11.2. The molecular formula is C31H31F2N7O2S. The van der Waals surface area contributed by atoms with E-state index in [2.05, 4.69) is 19.8 Å². The number of methoxy groups -OCH3 is 1. The summed E-state index contributed by atoms with van der Waals surface area (Å²) in [7, 11) is 3.31. The van der Waals surface area contributed by atoms with E-state index in [9.17, 15) is 9.18 Å². The van der Waals surface area contributed by atoms with Gasteiger partial charge in [0.25, 0.3) is 0 Å². The number of nitrogens with zero attached hydrogens (tertiary/aromatic N) is 6. The van der Waals surface area contributed by atoms with E-state index in [4.69, 9.17) is 10.5 Å². The third-order valence-electron chi connectivity index (χ3n) is 8.55. The van der Waals surface area contributed by atoms with Crippen LogP contribution in [0.4, 0.5) is 26.0 Å². The SMILES string of the molecule is COc1cc(CN(Cc2c(=O)c3cc(F)c(F)c4c3n3c(csc23)CN4C)[C@H]2CCCN(c3ccc(N)nc3)C2)ccn1. The van der Waals surface area contributed by atoms with Crippen LogP contribution in [0.5, 0.6) is 5.88 Å². The van der Waals surface area contributed by atoms with Gasteiger partial charge in [-0.3, -0.25) is 14.1 Å². The molecule has 2 aliphatic heterocycles. The molecule has 0 aliphatic carbocycles. The van der Waals surface area contributed by atoms with E-state index in [0.29, 0.717) is 42.4 Å². The highest BCUT2D eigenvalue weighted by Crippen LogP contribution is 2.38. The number of anilines is 3. The lowest BCUT2D eigenvalue weighted by atomic mass is 10.0. The fraction of sp³-hybridized carbons (Fsp3) is 0.323.